The fraction of sp³-hybridized carbons (Fsp3) is 0.286. The Bertz CT molecular complexity index is 875. The molecule has 0 spiro atoms. The van der Waals surface area contributed by atoms with Crippen molar-refractivity contribution in [2.75, 3.05) is 6.54 Å². The molecule has 2 aromatic carbocycles. The molecule has 3 rings (SSSR count). The predicted octanol–water partition coefficient (Wildman–Crippen LogP) is 3.86. The first kappa shape index (κ1) is 18.6. The normalized spacial score (nSPS) is 11.8. The van der Waals surface area contributed by atoms with Crippen LogP contribution in [0.2, 0.25) is 0 Å². The van der Waals surface area contributed by atoms with E-state index in [9.17, 15) is 4.79 Å². The number of aromatic nitrogens is 2. The molecule has 1 atom stereocenters. The molecule has 3 aromatic rings. The quantitative estimate of drug-likeness (QED) is 0.636. The van der Waals surface area contributed by atoms with Crippen molar-refractivity contribution in [3.05, 3.63) is 66.1 Å². The molecule has 0 aliphatic carbocycles. The number of ether oxygens (including phenoxy) is 1. The summed E-state index contributed by atoms with van der Waals surface area (Å²) in [6, 6.07) is 17.2. The molecule has 0 saturated heterocycles. The smallest absolute Gasteiger partial charge is 0.263 e. The molecule has 0 saturated carbocycles. The standard InChI is InChI=1S/C21H23N3O3/c1-4-24(21(25)16(3)26-18-8-6-5-7-9-18)14-19-22-20(23-27-19)17-12-10-15(2)11-13-17/h5-13,16H,4,14H2,1-3H3/t16-/m0/s1. The topological polar surface area (TPSA) is 68.5 Å². The second-order valence-electron chi connectivity index (χ2n) is 6.30. The van der Waals surface area contributed by atoms with Crippen molar-refractivity contribution in [3.8, 4) is 17.1 Å². The molecule has 0 unspecified atom stereocenters. The highest BCUT2D eigenvalue weighted by Crippen LogP contribution is 2.18. The number of nitrogens with zero attached hydrogens (tertiary/aromatic N) is 3. The van der Waals surface area contributed by atoms with Gasteiger partial charge in [0.2, 0.25) is 11.7 Å². The third-order valence-electron chi connectivity index (χ3n) is 4.20. The first-order chi connectivity index (χ1) is 13.1. The fourth-order valence-corrected chi connectivity index (χ4v) is 2.66. The Kier molecular flexibility index (Phi) is 5.86. The Hall–Kier alpha value is -3.15. The fourth-order valence-electron chi connectivity index (χ4n) is 2.66. The molecule has 1 aromatic heterocycles. The van der Waals surface area contributed by atoms with Gasteiger partial charge in [0, 0.05) is 12.1 Å². The number of carbonyl (C=O) groups is 1. The number of likely N-dealkylation sites (N-methyl/N-ethyl adjacent to an activating group) is 1. The Morgan fingerprint density at radius 3 is 2.52 bits per heavy atom. The lowest BCUT2D eigenvalue weighted by atomic mass is 10.1. The first-order valence-electron chi connectivity index (χ1n) is 8.97. The van der Waals surface area contributed by atoms with E-state index in [-0.39, 0.29) is 12.5 Å². The molecular weight excluding hydrogens is 342 g/mol. The van der Waals surface area contributed by atoms with Crippen LogP contribution in [0.15, 0.2) is 59.1 Å². The van der Waals surface area contributed by atoms with E-state index in [1.807, 2.05) is 68.4 Å². The van der Waals surface area contributed by atoms with Crippen molar-refractivity contribution in [3.63, 3.8) is 0 Å². The van der Waals surface area contributed by atoms with Crippen molar-refractivity contribution < 1.29 is 14.1 Å². The minimum absolute atomic E-state index is 0.128. The van der Waals surface area contributed by atoms with Crippen LogP contribution in [-0.4, -0.2) is 33.6 Å². The highest BCUT2D eigenvalue weighted by Gasteiger charge is 2.23. The van der Waals surface area contributed by atoms with Crippen LogP contribution in [0.4, 0.5) is 0 Å². The summed E-state index contributed by atoms with van der Waals surface area (Å²) in [6.45, 7) is 6.43. The van der Waals surface area contributed by atoms with Gasteiger partial charge in [0.25, 0.3) is 5.91 Å². The van der Waals surface area contributed by atoms with Crippen LogP contribution in [0.25, 0.3) is 11.4 Å². The molecule has 1 amide bonds. The number of amides is 1. The average Bonchev–Trinajstić information content (AvgIpc) is 3.15. The summed E-state index contributed by atoms with van der Waals surface area (Å²) in [6.07, 6.45) is -0.605. The van der Waals surface area contributed by atoms with E-state index in [4.69, 9.17) is 9.26 Å². The average molecular weight is 365 g/mol. The number of para-hydroxylation sites is 1. The molecule has 1 heterocycles. The zero-order valence-electron chi connectivity index (χ0n) is 15.8. The van der Waals surface area contributed by atoms with E-state index in [1.165, 1.54) is 0 Å². The Morgan fingerprint density at radius 2 is 1.85 bits per heavy atom. The maximum absolute atomic E-state index is 12.7. The van der Waals surface area contributed by atoms with Crippen molar-refractivity contribution >= 4 is 5.91 Å². The van der Waals surface area contributed by atoms with Crippen molar-refractivity contribution in [1.82, 2.24) is 15.0 Å². The van der Waals surface area contributed by atoms with Gasteiger partial charge in [0.05, 0.1) is 0 Å². The van der Waals surface area contributed by atoms with Crippen molar-refractivity contribution in [2.24, 2.45) is 0 Å². The summed E-state index contributed by atoms with van der Waals surface area (Å²) in [4.78, 5) is 18.8. The number of aryl methyl sites for hydroxylation is 1. The minimum Gasteiger partial charge on any atom is -0.481 e. The van der Waals surface area contributed by atoms with Crippen LogP contribution in [0.1, 0.15) is 25.3 Å². The van der Waals surface area contributed by atoms with Gasteiger partial charge in [-0.05, 0) is 32.9 Å². The summed E-state index contributed by atoms with van der Waals surface area (Å²) in [7, 11) is 0. The van der Waals surface area contributed by atoms with Crippen LogP contribution < -0.4 is 4.74 Å². The van der Waals surface area contributed by atoms with E-state index >= 15 is 0 Å². The molecule has 0 aliphatic heterocycles. The number of carbonyl (C=O) groups excluding carboxylic acids is 1. The molecule has 0 bridgehead atoms. The minimum atomic E-state index is -0.605. The largest absolute Gasteiger partial charge is 0.481 e. The highest BCUT2D eigenvalue weighted by atomic mass is 16.5. The van der Waals surface area contributed by atoms with Crippen LogP contribution in [0, 0.1) is 6.92 Å². The maximum atomic E-state index is 12.7. The summed E-state index contributed by atoms with van der Waals surface area (Å²) >= 11 is 0. The summed E-state index contributed by atoms with van der Waals surface area (Å²) < 4.78 is 11.1. The van der Waals surface area contributed by atoms with Crippen molar-refractivity contribution in [1.29, 1.82) is 0 Å². The predicted molar refractivity (Wildman–Crippen MR) is 102 cm³/mol. The zero-order chi connectivity index (χ0) is 19.2. The van der Waals surface area contributed by atoms with Gasteiger partial charge < -0.3 is 14.2 Å². The molecule has 140 valence electrons. The van der Waals surface area contributed by atoms with Gasteiger partial charge in [-0.15, -0.1) is 0 Å². The molecular formula is C21H23N3O3. The van der Waals surface area contributed by atoms with Gasteiger partial charge in [-0.3, -0.25) is 4.79 Å². The van der Waals surface area contributed by atoms with Crippen LogP contribution >= 0.6 is 0 Å². The molecule has 0 aliphatic rings. The SMILES string of the molecule is CCN(Cc1nc(-c2ccc(C)cc2)no1)C(=O)[C@H](C)Oc1ccccc1. The highest BCUT2D eigenvalue weighted by molar-refractivity contribution is 5.80. The Labute approximate surface area is 158 Å². The lowest BCUT2D eigenvalue weighted by Crippen LogP contribution is -2.40. The summed E-state index contributed by atoms with van der Waals surface area (Å²) in [5.41, 5.74) is 2.04. The monoisotopic (exact) mass is 365 g/mol. The van der Waals surface area contributed by atoms with Gasteiger partial charge in [-0.2, -0.15) is 4.98 Å². The Morgan fingerprint density at radius 1 is 1.15 bits per heavy atom. The molecule has 27 heavy (non-hydrogen) atoms. The lowest BCUT2D eigenvalue weighted by Gasteiger charge is -2.23. The number of rotatable bonds is 7. The Balaban J connectivity index is 1.66. The molecule has 0 fully saturated rings. The number of hydrogen-bond donors (Lipinski definition) is 0. The first-order valence-corrected chi connectivity index (χ1v) is 8.97. The van der Waals surface area contributed by atoms with E-state index in [0.717, 1.165) is 11.1 Å². The van der Waals surface area contributed by atoms with Gasteiger partial charge >= 0.3 is 0 Å². The lowest BCUT2D eigenvalue weighted by molar-refractivity contribution is -0.138. The van der Waals surface area contributed by atoms with Crippen LogP contribution in [0.5, 0.6) is 5.75 Å². The second-order valence-corrected chi connectivity index (χ2v) is 6.30. The molecule has 6 heteroatoms. The molecule has 6 nitrogen and oxygen atoms in total. The summed E-state index contributed by atoms with van der Waals surface area (Å²) in [5, 5.41) is 4.02. The maximum Gasteiger partial charge on any atom is 0.263 e. The van der Waals surface area contributed by atoms with Crippen molar-refractivity contribution in [2.45, 2.75) is 33.4 Å². The second kappa shape index (κ2) is 8.49. The van der Waals surface area contributed by atoms with Gasteiger partial charge in [0.15, 0.2) is 6.10 Å². The van der Waals surface area contributed by atoms with E-state index in [2.05, 4.69) is 10.1 Å². The number of hydrogen-bond acceptors (Lipinski definition) is 5. The van der Waals surface area contributed by atoms with E-state index < -0.39 is 6.10 Å². The zero-order valence-corrected chi connectivity index (χ0v) is 15.8. The van der Waals surface area contributed by atoms with Gasteiger partial charge in [-0.1, -0.05) is 53.2 Å². The number of benzene rings is 2. The van der Waals surface area contributed by atoms with Crippen LogP contribution in [-0.2, 0) is 11.3 Å². The molecule has 0 radical (unpaired) electrons. The van der Waals surface area contributed by atoms with Gasteiger partial charge in [-0.25, -0.2) is 0 Å². The third-order valence-corrected chi connectivity index (χ3v) is 4.20. The third kappa shape index (κ3) is 4.73. The van der Waals surface area contributed by atoms with Gasteiger partial charge in [0.1, 0.15) is 12.3 Å². The summed E-state index contributed by atoms with van der Waals surface area (Å²) in [5.74, 6) is 1.44. The van der Waals surface area contributed by atoms with E-state index in [1.54, 1.807) is 11.8 Å². The molecule has 0 N–H and O–H groups in total. The van der Waals surface area contributed by atoms with E-state index in [0.29, 0.717) is 24.0 Å². The van der Waals surface area contributed by atoms with Crippen LogP contribution in [0.3, 0.4) is 0 Å².